The molecule has 8 nitrogen and oxygen atoms in total. The maximum absolute atomic E-state index is 13.0. The standard InChI is InChI=1S/C19H22N4O4S/c1-22-17-4-3-15(10-18(17)23(2)19(22)24)28(25,26)21-16-12-27-11-14(16)9-13-5-7-20-8-6-13/h3-8,10,14,16,21H,9,11-12H2,1-2H3/t14-,16-/m1/s1. The lowest BCUT2D eigenvalue weighted by molar-refractivity contribution is 0.183. The molecule has 3 aromatic rings. The van der Waals surface area contributed by atoms with E-state index in [-0.39, 0.29) is 22.5 Å². The van der Waals surface area contributed by atoms with Crippen LogP contribution in [0.5, 0.6) is 0 Å². The van der Waals surface area contributed by atoms with Crippen molar-refractivity contribution in [1.29, 1.82) is 0 Å². The van der Waals surface area contributed by atoms with Crippen LogP contribution in [0.1, 0.15) is 5.56 Å². The zero-order valence-electron chi connectivity index (χ0n) is 15.7. The number of benzene rings is 1. The van der Waals surface area contributed by atoms with E-state index < -0.39 is 10.0 Å². The highest BCUT2D eigenvalue weighted by Gasteiger charge is 2.32. The van der Waals surface area contributed by atoms with Gasteiger partial charge in [0.05, 0.1) is 35.2 Å². The topological polar surface area (TPSA) is 95.2 Å². The van der Waals surface area contributed by atoms with Gasteiger partial charge in [0.25, 0.3) is 0 Å². The van der Waals surface area contributed by atoms with Gasteiger partial charge in [-0.1, -0.05) is 0 Å². The second kappa shape index (κ2) is 7.16. The van der Waals surface area contributed by atoms with Crippen molar-refractivity contribution in [3.63, 3.8) is 0 Å². The zero-order valence-corrected chi connectivity index (χ0v) is 16.5. The minimum absolute atomic E-state index is 0.0435. The molecule has 148 valence electrons. The van der Waals surface area contributed by atoms with E-state index in [1.54, 1.807) is 32.6 Å². The van der Waals surface area contributed by atoms with Gasteiger partial charge in [0.2, 0.25) is 10.0 Å². The number of sulfonamides is 1. The van der Waals surface area contributed by atoms with Gasteiger partial charge in [-0.25, -0.2) is 17.9 Å². The fourth-order valence-corrected chi connectivity index (χ4v) is 4.98. The first-order valence-corrected chi connectivity index (χ1v) is 10.5. The molecule has 2 atom stereocenters. The van der Waals surface area contributed by atoms with Gasteiger partial charge in [0.15, 0.2) is 0 Å². The minimum Gasteiger partial charge on any atom is -0.379 e. The van der Waals surface area contributed by atoms with Crippen LogP contribution < -0.4 is 10.4 Å². The maximum Gasteiger partial charge on any atom is 0.328 e. The molecule has 0 bridgehead atoms. The van der Waals surface area contributed by atoms with Crippen LogP contribution in [0.2, 0.25) is 0 Å². The van der Waals surface area contributed by atoms with Crippen LogP contribution in [0.3, 0.4) is 0 Å². The van der Waals surface area contributed by atoms with E-state index in [0.717, 1.165) is 5.56 Å². The molecule has 0 aliphatic carbocycles. The highest BCUT2D eigenvalue weighted by Crippen LogP contribution is 2.23. The van der Waals surface area contributed by atoms with Gasteiger partial charge in [-0.2, -0.15) is 0 Å². The maximum atomic E-state index is 13.0. The molecule has 4 rings (SSSR count). The lowest BCUT2D eigenvalue weighted by atomic mass is 9.96. The number of ether oxygens (including phenoxy) is 1. The number of hydrogen-bond donors (Lipinski definition) is 1. The van der Waals surface area contributed by atoms with Gasteiger partial charge in [-0.3, -0.25) is 14.1 Å². The van der Waals surface area contributed by atoms with Gasteiger partial charge < -0.3 is 4.74 Å². The molecular weight excluding hydrogens is 380 g/mol. The van der Waals surface area contributed by atoms with Crippen molar-refractivity contribution in [2.75, 3.05) is 13.2 Å². The number of nitrogens with zero attached hydrogens (tertiary/aromatic N) is 3. The molecular formula is C19H22N4O4S. The summed E-state index contributed by atoms with van der Waals surface area (Å²) < 4.78 is 37.2. The molecule has 0 unspecified atom stereocenters. The van der Waals surface area contributed by atoms with E-state index in [0.29, 0.717) is 30.7 Å². The van der Waals surface area contributed by atoms with Crippen LogP contribution in [0, 0.1) is 5.92 Å². The molecule has 1 aliphatic heterocycles. The Kier molecular flexibility index (Phi) is 4.82. The van der Waals surface area contributed by atoms with Crippen LogP contribution in [0.4, 0.5) is 0 Å². The van der Waals surface area contributed by atoms with Crippen molar-refractivity contribution >= 4 is 21.1 Å². The Morgan fingerprint density at radius 2 is 1.82 bits per heavy atom. The van der Waals surface area contributed by atoms with E-state index in [1.165, 1.54) is 21.3 Å². The molecule has 2 aromatic heterocycles. The van der Waals surface area contributed by atoms with Gasteiger partial charge in [0, 0.05) is 32.4 Å². The Hall–Kier alpha value is -2.49. The summed E-state index contributed by atoms with van der Waals surface area (Å²) in [6.07, 6.45) is 4.16. The number of hydrogen-bond acceptors (Lipinski definition) is 5. The minimum atomic E-state index is -3.75. The van der Waals surface area contributed by atoms with Crippen LogP contribution >= 0.6 is 0 Å². The summed E-state index contributed by atoms with van der Waals surface area (Å²) in [6, 6.07) is 8.25. The van der Waals surface area contributed by atoms with E-state index in [9.17, 15) is 13.2 Å². The summed E-state index contributed by atoms with van der Waals surface area (Å²) in [5, 5.41) is 0. The molecule has 3 heterocycles. The van der Waals surface area contributed by atoms with Crippen molar-refractivity contribution in [2.45, 2.75) is 17.4 Å². The number of aryl methyl sites for hydroxylation is 2. The molecule has 28 heavy (non-hydrogen) atoms. The van der Waals surface area contributed by atoms with Crippen molar-refractivity contribution in [2.24, 2.45) is 20.0 Å². The molecule has 0 amide bonds. The third-order valence-electron chi connectivity index (χ3n) is 5.31. The zero-order chi connectivity index (χ0) is 19.9. The average Bonchev–Trinajstić information content (AvgIpc) is 3.20. The molecule has 1 N–H and O–H groups in total. The summed E-state index contributed by atoms with van der Waals surface area (Å²) in [5.74, 6) is 0.0435. The third kappa shape index (κ3) is 3.36. The number of fused-ring (bicyclic) bond motifs is 1. The van der Waals surface area contributed by atoms with Gasteiger partial charge in [0.1, 0.15) is 0 Å². The molecule has 1 aromatic carbocycles. The Morgan fingerprint density at radius 3 is 2.57 bits per heavy atom. The smallest absolute Gasteiger partial charge is 0.328 e. The predicted molar refractivity (Wildman–Crippen MR) is 105 cm³/mol. The highest BCUT2D eigenvalue weighted by atomic mass is 32.2. The lowest BCUT2D eigenvalue weighted by Crippen LogP contribution is -2.40. The van der Waals surface area contributed by atoms with Crippen molar-refractivity contribution in [1.82, 2.24) is 18.8 Å². The SMILES string of the molecule is Cn1c(=O)n(C)c2cc(S(=O)(=O)N[C@@H]3COC[C@H]3Cc3ccncc3)ccc21. The average molecular weight is 402 g/mol. The molecule has 1 aliphatic rings. The molecule has 0 spiro atoms. The van der Waals surface area contributed by atoms with Gasteiger partial charge >= 0.3 is 5.69 Å². The van der Waals surface area contributed by atoms with Crippen LogP contribution in [0.15, 0.2) is 52.4 Å². The van der Waals surface area contributed by atoms with Crippen LogP contribution in [0.25, 0.3) is 11.0 Å². The summed E-state index contributed by atoms with van der Waals surface area (Å²) in [5.41, 5.74) is 2.16. The second-order valence-corrected chi connectivity index (χ2v) is 8.85. The Morgan fingerprint density at radius 1 is 1.11 bits per heavy atom. The van der Waals surface area contributed by atoms with Crippen LogP contribution in [-0.2, 0) is 35.3 Å². The Balaban J connectivity index is 1.59. The Bertz CT molecular complexity index is 1170. The van der Waals surface area contributed by atoms with Gasteiger partial charge in [-0.05, 0) is 42.3 Å². The third-order valence-corrected chi connectivity index (χ3v) is 6.79. The van der Waals surface area contributed by atoms with Crippen molar-refractivity contribution < 1.29 is 13.2 Å². The first-order chi connectivity index (χ1) is 13.4. The number of nitrogens with one attached hydrogen (secondary N) is 1. The fourth-order valence-electron chi connectivity index (χ4n) is 3.67. The molecule has 1 fully saturated rings. The number of rotatable bonds is 5. The summed E-state index contributed by atoms with van der Waals surface area (Å²) in [6.45, 7) is 0.836. The molecule has 9 heteroatoms. The number of aromatic nitrogens is 3. The quantitative estimate of drug-likeness (QED) is 0.681. The fraction of sp³-hybridized carbons (Fsp3) is 0.368. The van der Waals surface area contributed by atoms with Crippen molar-refractivity contribution in [3.8, 4) is 0 Å². The number of imidazole rings is 1. The molecule has 0 radical (unpaired) electrons. The van der Waals surface area contributed by atoms with E-state index in [2.05, 4.69) is 9.71 Å². The van der Waals surface area contributed by atoms with Crippen LogP contribution in [-0.4, -0.2) is 41.8 Å². The largest absolute Gasteiger partial charge is 0.379 e. The van der Waals surface area contributed by atoms with E-state index in [4.69, 9.17) is 4.74 Å². The molecule has 0 saturated carbocycles. The van der Waals surface area contributed by atoms with E-state index in [1.807, 2.05) is 12.1 Å². The predicted octanol–water partition coefficient (Wildman–Crippen LogP) is 0.808. The number of pyridine rings is 1. The first-order valence-electron chi connectivity index (χ1n) is 9.01. The monoisotopic (exact) mass is 402 g/mol. The van der Waals surface area contributed by atoms with E-state index >= 15 is 0 Å². The van der Waals surface area contributed by atoms with Gasteiger partial charge in [-0.15, -0.1) is 0 Å². The lowest BCUT2D eigenvalue weighted by Gasteiger charge is -2.19. The first kappa shape index (κ1) is 18.9. The van der Waals surface area contributed by atoms with Crippen molar-refractivity contribution in [3.05, 3.63) is 58.8 Å². The molecule has 1 saturated heterocycles. The Labute approximate surface area is 162 Å². The summed E-state index contributed by atoms with van der Waals surface area (Å²) >= 11 is 0. The normalized spacial score (nSPS) is 20.1. The summed E-state index contributed by atoms with van der Waals surface area (Å²) in [4.78, 5) is 16.2. The highest BCUT2D eigenvalue weighted by molar-refractivity contribution is 7.89. The second-order valence-electron chi connectivity index (χ2n) is 7.14. The summed E-state index contributed by atoms with van der Waals surface area (Å²) in [7, 11) is -0.455.